The zero-order chi connectivity index (χ0) is 26.7. The lowest BCUT2D eigenvalue weighted by molar-refractivity contribution is 0.107. The fourth-order valence-corrected chi connectivity index (χ4v) is 6.25. The standard InChI is InChI=1S/C29H24F3N5O2/c1-2-18-20(31)8-7-16-5-3-6-19(21(16)18)24-23(32)25-22-26(33-10-12-38-27(22)34-24)36-28(35-25)39-15-29-9-4-11-37(29)14-17(30)13-29/h1,3,5-8,17H,4,9-15H2,(H,33,35,36)/t17-,29+/m1/s1. The first-order chi connectivity index (χ1) is 19.0. The first-order valence-electron chi connectivity index (χ1n) is 13.0. The fraction of sp³-hybridized carbons (Fsp3) is 0.345. The molecule has 2 saturated heterocycles. The van der Waals surface area contributed by atoms with Gasteiger partial charge in [0.05, 0.1) is 17.6 Å². The summed E-state index contributed by atoms with van der Waals surface area (Å²) in [5.74, 6) is 1.57. The Morgan fingerprint density at radius 2 is 2.08 bits per heavy atom. The van der Waals surface area contributed by atoms with Crippen LogP contribution in [0.4, 0.5) is 19.0 Å². The van der Waals surface area contributed by atoms with Crippen molar-refractivity contribution in [1.82, 2.24) is 19.9 Å². The van der Waals surface area contributed by atoms with Gasteiger partial charge in [-0.25, -0.2) is 18.2 Å². The van der Waals surface area contributed by atoms with Crippen LogP contribution in [0.15, 0.2) is 30.3 Å². The maximum absolute atomic E-state index is 16.4. The molecule has 7 nitrogen and oxygen atoms in total. The molecule has 198 valence electrons. The smallest absolute Gasteiger partial charge is 0.319 e. The van der Waals surface area contributed by atoms with E-state index in [4.69, 9.17) is 15.9 Å². The number of hydrogen-bond donors (Lipinski definition) is 1. The second kappa shape index (κ2) is 8.99. The van der Waals surface area contributed by atoms with Crippen LogP contribution < -0.4 is 14.8 Å². The quantitative estimate of drug-likeness (QED) is 0.377. The van der Waals surface area contributed by atoms with E-state index in [1.807, 2.05) is 0 Å². The van der Waals surface area contributed by atoms with Crippen LogP contribution in [-0.2, 0) is 0 Å². The number of nitrogens with one attached hydrogen (secondary N) is 1. The first kappa shape index (κ1) is 24.0. The number of aromatic nitrogens is 3. The Hall–Kier alpha value is -4.10. The van der Waals surface area contributed by atoms with E-state index < -0.39 is 23.3 Å². The second-order valence-electron chi connectivity index (χ2n) is 10.3. The summed E-state index contributed by atoms with van der Waals surface area (Å²) in [5.41, 5.74) is -0.184. The number of terminal acetylenes is 1. The number of hydrogen-bond acceptors (Lipinski definition) is 7. The molecule has 0 radical (unpaired) electrons. The van der Waals surface area contributed by atoms with E-state index in [1.54, 1.807) is 24.3 Å². The largest absolute Gasteiger partial charge is 0.475 e. The topological polar surface area (TPSA) is 72.4 Å². The molecule has 2 atom stereocenters. The molecule has 39 heavy (non-hydrogen) atoms. The van der Waals surface area contributed by atoms with Crippen molar-refractivity contribution < 1.29 is 22.6 Å². The van der Waals surface area contributed by atoms with Gasteiger partial charge in [0.25, 0.3) is 0 Å². The van der Waals surface area contributed by atoms with Crippen LogP contribution in [0, 0.1) is 24.0 Å². The lowest BCUT2D eigenvalue weighted by Crippen LogP contribution is -2.43. The monoisotopic (exact) mass is 531 g/mol. The molecule has 0 bridgehead atoms. The van der Waals surface area contributed by atoms with Crippen LogP contribution in [0.25, 0.3) is 32.9 Å². The summed E-state index contributed by atoms with van der Waals surface area (Å²) >= 11 is 0. The third-order valence-corrected chi connectivity index (χ3v) is 7.99. The van der Waals surface area contributed by atoms with Crippen LogP contribution in [0.2, 0.25) is 0 Å². The van der Waals surface area contributed by atoms with Gasteiger partial charge in [-0.3, -0.25) is 4.90 Å². The molecule has 0 unspecified atom stereocenters. The predicted molar refractivity (Wildman–Crippen MR) is 141 cm³/mol. The highest BCUT2D eigenvalue weighted by Gasteiger charge is 2.49. The molecular weight excluding hydrogens is 507 g/mol. The summed E-state index contributed by atoms with van der Waals surface area (Å²) in [4.78, 5) is 15.6. The van der Waals surface area contributed by atoms with Crippen LogP contribution in [-0.4, -0.2) is 64.4 Å². The summed E-state index contributed by atoms with van der Waals surface area (Å²) in [7, 11) is 0. The number of benzene rings is 2. The minimum atomic E-state index is -0.901. The average Bonchev–Trinajstić information content (AvgIpc) is 3.38. The van der Waals surface area contributed by atoms with E-state index in [1.165, 1.54) is 6.07 Å². The summed E-state index contributed by atoms with van der Waals surface area (Å²) < 4.78 is 57.2. The number of nitrogens with zero attached hydrogens (tertiary/aromatic N) is 4. The third kappa shape index (κ3) is 3.75. The molecule has 10 heteroatoms. The van der Waals surface area contributed by atoms with Crippen molar-refractivity contribution in [2.45, 2.75) is 31.0 Å². The third-order valence-electron chi connectivity index (χ3n) is 7.99. The van der Waals surface area contributed by atoms with E-state index in [-0.39, 0.29) is 47.3 Å². The van der Waals surface area contributed by atoms with E-state index in [9.17, 15) is 8.78 Å². The summed E-state index contributed by atoms with van der Waals surface area (Å²) in [6.07, 6.45) is 6.93. The molecular formula is C29H24F3N5O2. The number of pyridine rings is 1. The number of rotatable bonds is 4. The van der Waals surface area contributed by atoms with Crippen molar-refractivity contribution in [2.75, 3.05) is 38.2 Å². The molecule has 3 aliphatic heterocycles. The van der Waals surface area contributed by atoms with Crippen LogP contribution in [0.1, 0.15) is 24.8 Å². The van der Waals surface area contributed by atoms with Crippen LogP contribution in [0.5, 0.6) is 11.9 Å². The normalized spacial score (nSPS) is 22.3. The Kier molecular flexibility index (Phi) is 5.52. The number of alkyl halides is 1. The molecule has 0 aliphatic carbocycles. The highest BCUT2D eigenvalue weighted by molar-refractivity contribution is 6.03. The highest BCUT2D eigenvalue weighted by Crippen LogP contribution is 2.42. The van der Waals surface area contributed by atoms with Gasteiger partial charge in [0, 0.05) is 23.9 Å². The molecule has 5 heterocycles. The van der Waals surface area contributed by atoms with Crippen molar-refractivity contribution in [2.24, 2.45) is 0 Å². The maximum atomic E-state index is 16.4. The van der Waals surface area contributed by atoms with Gasteiger partial charge in [0.1, 0.15) is 47.6 Å². The Morgan fingerprint density at radius 3 is 2.95 bits per heavy atom. The lowest BCUT2D eigenvalue weighted by atomic mass is 9.95. The zero-order valence-electron chi connectivity index (χ0n) is 20.9. The van der Waals surface area contributed by atoms with Crippen molar-refractivity contribution in [1.29, 1.82) is 0 Å². The molecule has 2 aromatic heterocycles. The van der Waals surface area contributed by atoms with Crippen molar-refractivity contribution in [3.8, 4) is 35.5 Å². The predicted octanol–water partition coefficient (Wildman–Crippen LogP) is 4.86. The Labute approximate surface area is 222 Å². The molecule has 7 rings (SSSR count). The average molecular weight is 532 g/mol. The maximum Gasteiger partial charge on any atom is 0.319 e. The van der Waals surface area contributed by atoms with Crippen LogP contribution >= 0.6 is 0 Å². The Bertz CT molecular complexity index is 1690. The summed E-state index contributed by atoms with van der Waals surface area (Å²) in [6.45, 7) is 2.08. The number of ether oxygens (including phenoxy) is 2. The fourth-order valence-electron chi connectivity index (χ4n) is 6.25. The molecule has 2 fully saturated rings. The summed E-state index contributed by atoms with van der Waals surface area (Å²) in [6, 6.07) is 8.00. The Morgan fingerprint density at radius 1 is 1.18 bits per heavy atom. The van der Waals surface area contributed by atoms with Gasteiger partial charge < -0.3 is 14.8 Å². The van der Waals surface area contributed by atoms with Gasteiger partial charge >= 0.3 is 6.01 Å². The van der Waals surface area contributed by atoms with E-state index in [2.05, 4.69) is 31.1 Å². The van der Waals surface area contributed by atoms with E-state index >= 15 is 4.39 Å². The number of halogens is 3. The molecule has 0 spiro atoms. The highest BCUT2D eigenvalue weighted by atomic mass is 19.1. The van der Waals surface area contributed by atoms with Crippen molar-refractivity contribution in [3.63, 3.8) is 0 Å². The van der Waals surface area contributed by atoms with Crippen LogP contribution in [0.3, 0.4) is 0 Å². The summed E-state index contributed by atoms with van der Waals surface area (Å²) in [5, 5.41) is 4.45. The van der Waals surface area contributed by atoms with Gasteiger partial charge in [0.15, 0.2) is 5.82 Å². The SMILES string of the molecule is C#Cc1c(F)ccc2cccc(-c3nc4c5c(nc(OC[C@@]67CCCN6C[C@H](F)C7)nc5c3F)NCCO4)c12. The Balaban J connectivity index is 1.38. The second-order valence-corrected chi connectivity index (χ2v) is 10.3. The molecule has 0 saturated carbocycles. The number of anilines is 1. The molecule has 2 aromatic carbocycles. The molecule has 0 amide bonds. The van der Waals surface area contributed by atoms with E-state index in [0.29, 0.717) is 41.7 Å². The zero-order valence-corrected chi connectivity index (χ0v) is 20.9. The first-order valence-corrected chi connectivity index (χ1v) is 13.0. The minimum absolute atomic E-state index is 0.0216. The van der Waals surface area contributed by atoms with Gasteiger partial charge in [-0.2, -0.15) is 9.97 Å². The minimum Gasteiger partial charge on any atom is -0.475 e. The van der Waals surface area contributed by atoms with E-state index in [0.717, 1.165) is 19.4 Å². The van der Waals surface area contributed by atoms with Gasteiger partial charge in [-0.15, -0.1) is 6.42 Å². The lowest BCUT2D eigenvalue weighted by Gasteiger charge is -2.30. The molecule has 1 N–H and O–H groups in total. The molecule has 4 aromatic rings. The van der Waals surface area contributed by atoms with Gasteiger partial charge in [-0.1, -0.05) is 30.2 Å². The number of fused-ring (bicyclic) bond motifs is 2. The van der Waals surface area contributed by atoms with Gasteiger partial charge in [0.2, 0.25) is 5.88 Å². The van der Waals surface area contributed by atoms with Gasteiger partial charge in [-0.05, 0) is 30.8 Å². The molecule has 3 aliphatic rings. The van der Waals surface area contributed by atoms with Crippen molar-refractivity contribution >= 4 is 27.5 Å². The van der Waals surface area contributed by atoms with Crippen molar-refractivity contribution in [3.05, 3.63) is 47.5 Å².